The van der Waals surface area contributed by atoms with Crippen LogP contribution in [-0.4, -0.2) is 56.8 Å². The second-order valence-electron chi connectivity index (χ2n) is 8.85. The van der Waals surface area contributed by atoms with E-state index in [1.807, 2.05) is 59.5 Å². The van der Waals surface area contributed by atoms with Gasteiger partial charge in [-0.05, 0) is 66.3 Å². The zero-order valence-corrected chi connectivity index (χ0v) is 21.7. The van der Waals surface area contributed by atoms with E-state index in [0.29, 0.717) is 43.6 Å². The molecule has 9 nitrogen and oxygen atoms in total. The minimum atomic E-state index is -0.423. The number of benzene rings is 3. The molecule has 1 N–H and O–H groups in total. The number of anilines is 3. The van der Waals surface area contributed by atoms with Crippen LogP contribution in [0, 0.1) is 0 Å². The lowest BCUT2D eigenvalue weighted by Crippen LogP contribution is -2.44. The third kappa shape index (κ3) is 5.65. The van der Waals surface area contributed by atoms with E-state index in [9.17, 15) is 9.59 Å². The number of nitrogens with one attached hydrogen (secondary N) is 1. The van der Waals surface area contributed by atoms with Crippen LogP contribution < -0.4 is 24.8 Å². The smallest absolute Gasteiger partial charge is 0.414 e. The van der Waals surface area contributed by atoms with Crippen LogP contribution in [0.1, 0.15) is 5.56 Å². The summed E-state index contributed by atoms with van der Waals surface area (Å²) in [5.74, 6) is 0.794. The Morgan fingerprint density at radius 1 is 0.974 bits per heavy atom. The number of carbonyl (C=O) groups excluding carboxylic acids is 2. The summed E-state index contributed by atoms with van der Waals surface area (Å²) in [5, 5.41) is 3.85. The van der Waals surface area contributed by atoms with Gasteiger partial charge in [0.25, 0.3) is 0 Å². The molecule has 3 aromatic rings. The monoisotopic (exact) mass is 532 g/mol. The quantitative estimate of drug-likeness (QED) is 0.423. The lowest BCUT2D eigenvalue weighted by Gasteiger charge is -2.28. The van der Waals surface area contributed by atoms with Gasteiger partial charge in [0.05, 0.1) is 26.7 Å². The first-order chi connectivity index (χ1) is 18.5. The first-order valence-electron chi connectivity index (χ1n) is 12.3. The molecular weight excluding hydrogens is 504 g/mol. The molecule has 10 heteroatoms. The number of amides is 2. The third-order valence-electron chi connectivity index (χ3n) is 6.41. The number of rotatable bonds is 8. The van der Waals surface area contributed by atoms with E-state index in [1.165, 1.54) is 0 Å². The summed E-state index contributed by atoms with van der Waals surface area (Å²) < 4.78 is 16.0. The standard InChI is InChI=1S/C28H28N4O5S/c1-35-24-13-7-20(8-14-24)17-29-26(38)31(21-5-3-2-4-6-21)18-25-19-32(28(34)37-25)23-11-9-22(10-12-23)30-15-16-36-27(30)33/h2-14,25H,15-19H2,1H3,(H,29,38)/t25-/m1/s1. The first kappa shape index (κ1) is 25.3. The molecule has 0 saturated carbocycles. The van der Waals surface area contributed by atoms with Gasteiger partial charge in [-0.1, -0.05) is 30.3 Å². The minimum Gasteiger partial charge on any atom is -0.497 e. The maximum atomic E-state index is 12.8. The van der Waals surface area contributed by atoms with E-state index in [2.05, 4.69) is 5.32 Å². The van der Waals surface area contributed by atoms with Crippen molar-refractivity contribution in [1.29, 1.82) is 0 Å². The van der Waals surface area contributed by atoms with Gasteiger partial charge in [-0.2, -0.15) is 0 Å². The van der Waals surface area contributed by atoms with Crippen LogP contribution in [0.3, 0.4) is 0 Å². The number of hydrogen-bond donors (Lipinski definition) is 1. The first-order valence-corrected chi connectivity index (χ1v) is 12.7. The van der Waals surface area contributed by atoms with E-state index in [1.54, 1.807) is 41.2 Å². The number of nitrogens with zero attached hydrogens (tertiary/aromatic N) is 3. The van der Waals surface area contributed by atoms with Crippen molar-refractivity contribution >= 4 is 46.6 Å². The number of hydrogen-bond acceptors (Lipinski definition) is 6. The van der Waals surface area contributed by atoms with Crippen molar-refractivity contribution in [2.75, 3.05) is 48.1 Å². The molecule has 0 radical (unpaired) electrons. The van der Waals surface area contributed by atoms with Gasteiger partial charge in [0.15, 0.2) is 5.11 Å². The highest BCUT2D eigenvalue weighted by Gasteiger charge is 2.34. The van der Waals surface area contributed by atoms with Crippen molar-refractivity contribution in [1.82, 2.24) is 5.32 Å². The second kappa shape index (κ2) is 11.4. The van der Waals surface area contributed by atoms with Crippen molar-refractivity contribution < 1.29 is 23.8 Å². The van der Waals surface area contributed by atoms with Gasteiger partial charge in [0.1, 0.15) is 18.5 Å². The van der Waals surface area contributed by atoms with Crippen molar-refractivity contribution in [3.05, 3.63) is 84.4 Å². The summed E-state index contributed by atoms with van der Waals surface area (Å²) in [6.45, 7) is 2.18. The fourth-order valence-corrected chi connectivity index (χ4v) is 4.65. The average Bonchev–Trinajstić information content (AvgIpc) is 3.56. The van der Waals surface area contributed by atoms with Gasteiger partial charge in [-0.25, -0.2) is 9.59 Å². The van der Waals surface area contributed by atoms with Crippen LogP contribution in [-0.2, 0) is 16.0 Å². The maximum absolute atomic E-state index is 12.8. The van der Waals surface area contributed by atoms with Gasteiger partial charge in [0, 0.05) is 23.6 Å². The molecule has 0 aliphatic carbocycles. The van der Waals surface area contributed by atoms with Crippen molar-refractivity contribution in [3.8, 4) is 5.75 Å². The van der Waals surface area contributed by atoms with Crippen LogP contribution in [0.15, 0.2) is 78.9 Å². The molecule has 5 rings (SSSR count). The number of methoxy groups -OCH3 is 1. The Balaban J connectivity index is 1.25. The Labute approximate surface area is 226 Å². The molecule has 0 aromatic heterocycles. The lowest BCUT2D eigenvalue weighted by molar-refractivity contribution is 0.145. The third-order valence-corrected chi connectivity index (χ3v) is 6.77. The average molecular weight is 533 g/mol. The molecular formula is C28H28N4O5S. The van der Waals surface area contributed by atoms with Crippen molar-refractivity contribution in [2.45, 2.75) is 12.6 Å². The maximum Gasteiger partial charge on any atom is 0.414 e. The molecule has 38 heavy (non-hydrogen) atoms. The van der Waals surface area contributed by atoms with E-state index >= 15 is 0 Å². The van der Waals surface area contributed by atoms with Gasteiger partial charge in [-0.3, -0.25) is 9.80 Å². The van der Waals surface area contributed by atoms with Crippen molar-refractivity contribution in [3.63, 3.8) is 0 Å². The SMILES string of the molecule is COc1ccc(CNC(=S)N(C[C@@H]2CN(c3ccc(N4CCOC4=O)cc3)C(=O)O2)c2ccccc2)cc1. The normalized spacial score (nSPS) is 16.7. The fraction of sp³-hybridized carbons (Fsp3) is 0.250. The van der Waals surface area contributed by atoms with Crippen LogP contribution in [0.4, 0.5) is 26.7 Å². The molecule has 196 valence electrons. The molecule has 2 aliphatic rings. The van der Waals surface area contributed by atoms with Gasteiger partial charge in [0.2, 0.25) is 0 Å². The van der Waals surface area contributed by atoms with Crippen LogP contribution in [0.5, 0.6) is 5.75 Å². The van der Waals surface area contributed by atoms with Crippen LogP contribution in [0.25, 0.3) is 0 Å². The highest BCUT2D eigenvalue weighted by atomic mass is 32.1. The van der Waals surface area contributed by atoms with Crippen LogP contribution >= 0.6 is 12.2 Å². The molecule has 3 aromatic carbocycles. The number of thiocarbonyl (C=S) groups is 1. The van der Waals surface area contributed by atoms with Gasteiger partial charge >= 0.3 is 12.2 Å². The second-order valence-corrected chi connectivity index (χ2v) is 9.24. The fourth-order valence-electron chi connectivity index (χ4n) is 4.40. The Hall–Kier alpha value is -4.31. The lowest BCUT2D eigenvalue weighted by atomic mass is 10.2. The molecule has 0 bridgehead atoms. The Bertz CT molecular complexity index is 1290. The summed E-state index contributed by atoms with van der Waals surface area (Å²) in [6.07, 6.45) is -1.19. The van der Waals surface area contributed by atoms with E-state index in [-0.39, 0.29) is 6.09 Å². The van der Waals surface area contributed by atoms with E-state index in [4.69, 9.17) is 26.4 Å². The molecule has 2 fully saturated rings. The van der Waals surface area contributed by atoms with E-state index < -0.39 is 12.2 Å². The largest absolute Gasteiger partial charge is 0.497 e. The summed E-state index contributed by atoms with van der Waals surface area (Å²) >= 11 is 5.76. The number of cyclic esters (lactones) is 2. The Kier molecular flexibility index (Phi) is 7.60. The van der Waals surface area contributed by atoms with E-state index in [0.717, 1.165) is 22.7 Å². The number of carbonyl (C=O) groups is 2. The molecule has 0 spiro atoms. The minimum absolute atomic E-state index is 0.365. The topological polar surface area (TPSA) is 83.6 Å². The van der Waals surface area contributed by atoms with Gasteiger partial charge < -0.3 is 24.4 Å². The molecule has 2 amide bonds. The summed E-state index contributed by atoms with van der Waals surface area (Å²) in [6, 6.07) is 24.8. The summed E-state index contributed by atoms with van der Waals surface area (Å²) in [7, 11) is 1.64. The molecule has 2 heterocycles. The van der Waals surface area contributed by atoms with Gasteiger partial charge in [-0.15, -0.1) is 0 Å². The Morgan fingerprint density at radius 2 is 1.66 bits per heavy atom. The highest BCUT2D eigenvalue weighted by molar-refractivity contribution is 7.80. The summed E-state index contributed by atoms with van der Waals surface area (Å²) in [4.78, 5) is 29.7. The number of ether oxygens (including phenoxy) is 3. The molecule has 2 saturated heterocycles. The predicted octanol–water partition coefficient (Wildman–Crippen LogP) is 4.56. The molecule has 1 atom stereocenters. The summed E-state index contributed by atoms with van der Waals surface area (Å²) in [5.41, 5.74) is 3.38. The zero-order chi connectivity index (χ0) is 26.5. The zero-order valence-electron chi connectivity index (χ0n) is 20.9. The van der Waals surface area contributed by atoms with Crippen LogP contribution in [0.2, 0.25) is 0 Å². The predicted molar refractivity (Wildman–Crippen MR) is 149 cm³/mol. The molecule has 2 aliphatic heterocycles. The highest BCUT2D eigenvalue weighted by Crippen LogP contribution is 2.27. The molecule has 0 unspecified atom stereocenters. The van der Waals surface area contributed by atoms with Crippen molar-refractivity contribution in [2.24, 2.45) is 0 Å². The number of para-hydroxylation sites is 1. The Morgan fingerprint density at radius 3 is 2.29 bits per heavy atom.